The lowest BCUT2D eigenvalue weighted by atomic mass is 9.89. The first-order valence-corrected chi connectivity index (χ1v) is 8.94. The molecule has 1 atom stereocenters. The Hall–Kier alpha value is -2.82. The lowest BCUT2D eigenvalue weighted by Crippen LogP contribution is -2.48. The Morgan fingerprint density at radius 3 is 2.42 bits per heavy atom. The second kappa shape index (κ2) is 7.20. The Morgan fingerprint density at radius 1 is 1.12 bits per heavy atom. The smallest absolute Gasteiger partial charge is 0.339 e. The van der Waals surface area contributed by atoms with Gasteiger partial charge < -0.3 is 15.0 Å². The zero-order valence-electron chi connectivity index (χ0n) is 15.4. The lowest BCUT2D eigenvalue weighted by molar-refractivity contribution is -0.134. The molecule has 0 fully saturated rings. The number of nitrogens with one attached hydrogen (secondary N) is 1. The summed E-state index contributed by atoms with van der Waals surface area (Å²) in [5.74, 6) is -0.780. The van der Waals surface area contributed by atoms with Crippen molar-refractivity contribution in [1.82, 2.24) is 0 Å². The molecule has 0 saturated heterocycles. The number of hydrogen-bond donors (Lipinski definition) is 1. The fraction of sp³-hybridized carbons (Fsp3) is 0.333. The number of nitrogens with zero attached hydrogens (tertiary/aromatic N) is 1. The Kier molecular flexibility index (Phi) is 4.98. The molecule has 3 rings (SSSR count). The van der Waals surface area contributed by atoms with Gasteiger partial charge in [-0.05, 0) is 56.7 Å². The van der Waals surface area contributed by atoms with Gasteiger partial charge in [0.05, 0.1) is 5.56 Å². The molecule has 2 aromatic rings. The molecule has 5 nitrogen and oxygen atoms in total. The number of hydrogen-bond acceptors (Lipinski definition) is 4. The van der Waals surface area contributed by atoms with Gasteiger partial charge in [-0.3, -0.25) is 4.79 Å². The van der Waals surface area contributed by atoms with E-state index in [-0.39, 0.29) is 5.91 Å². The van der Waals surface area contributed by atoms with Gasteiger partial charge in [0.15, 0.2) is 5.60 Å². The summed E-state index contributed by atoms with van der Waals surface area (Å²) >= 11 is 0. The van der Waals surface area contributed by atoms with Gasteiger partial charge in [0, 0.05) is 30.9 Å². The summed E-state index contributed by atoms with van der Waals surface area (Å²) in [6.45, 7) is 7.72. The number of carbonyl (C=O) groups is 2. The van der Waals surface area contributed by atoms with Crippen LogP contribution in [0, 0.1) is 0 Å². The highest BCUT2D eigenvalue weighted by Gasteiger charge is 2.42. The van der Waals surface area contributed by atoms with Crippen molar-refractivity contribution in [2.45, 2.75) is 32.8 Å². The molecule has 0 aromatic heterocycles. The van der Waals surface area contributed by atoms with Gasteiger partial charge in [0.1, 0.15) is 0 Å². The summed E-state index contributed by atoms with van der Waals surface area (Å²) in [6, 6.07) is 14.9. The third-order valence-electron chi connectivity index (χ3n) is 4.82. The van der Waals surface area contributed by atoms with Crippen LogP contribution in [0.15, 0.2) is 48.5 Å². The number of carbonyl (C=O) groups excluding carboxylic acids is 2. The third-order valence-corrected chi connectivity index (χ3v) is 4.82. The van der Waals surface area contributed by atoms with Crippen molar-refractivity contribution in [2.24, 2.45) is 0 Å². The number of benzene rings is 2. The van der Waals surface area contributed by atoms with Crippen molar-refractivity contribution in [1.29, 1.82) is 0 Å². The van der Waals surface area contributed by atoms with E-state index >= 15 is 0 Å². The predicted octanol–water partition coefficient (Wildman–Crippen LogP) is 3.64. The van der Waals surface area contributed by atoms with Crippen LogP contribution < -0.4 is 10.2 Å². The van der Waals surface area contributed by atoms with Gasteiger partial charge in [-0.1, -0.05) is 18.2 Å². The number of cyclic esters (lactones) is 1. The molecule has 0 radical (unpaired) electrons. The van der Waals surface area contributed by atoms with E-state index in [4.69, 9.17) is 4.74 Å². The van der Waals surface area contributed by atoms with Crippen LogP contribution >= 0.6 is 0 Å². The highest BCUT2D eigenvalue weighted by Crippen LogP contribution is 2.29. The number of amides is 1. The first kappa shape index (κ1) is 18.0. The van der Waals surface area contributed by atoms with Crippen molar-refractivity contribution in [3.05, 3.63) is 59.7 Å². The molecule has 5 heteroatoms. The molecule has 136 valence electrons. The maximum atomic E-state index is 12.8. The number of anilines is 2. The Balaban J connectivity index is 1.75. The van der Waals surface area contributed by atoms with Crippen LogP contribution in [0.3, 0.4) is 0 Å². The quantitative estimate of drug-likeness (QED) is 0.835. The maximum Gasteiger partial charge on any atom is 0.339 e. The number of rotatable bonds is 5. The van der Waals surface area contributed by atoms with Crippen molar-refractivity contribution in [3.63, 3.8) is 0 Å². The van der Waals surface area contributed by atoms with Crippen LogP contribution in [-0.2, 0) is 16.0 Å². The average Bonchev–Trinajstić information content (AvgIpc) is 2.64. The number of esters is 1. The van der Waals surface area contributed by atoms with Crippen LogP contribution in [-0.4, -0.2) is 30.6 Å². The topological polar surface area (TPSA) is 58.6 Å². The first-order chi connectivity index (χ1) is 12.5. The molecular formula is C21H24N2O3. The summed E-state index contributed by atoms with van der Waals surface area (Å²) in [6.07, 6.45) is 0.359. The molecule has 26 heavy (non-hydrogen) atoms. The van der Waals surface area contributed by atoms with E-state index in [2.05, 4.69) is 24.1 Å². The number of ether oxygens (including phenoxy) is 1. The van der Waals surface area contributed by atoms with Gasteiger partial charge in [0.25, 0.3) is 5.91 Å². The van der Waals surface area contributed by atoms with E-state index in [1.165, 1.54) is 0 Å². The summed E-state index contributed by atoms with van der Waals surface area (Å²) in [4.78, 5) is 27.2. The van der Waals surface area contributed by atoms with Crippen molar-refractivity contribution in [3.8, 4) is 0 Å². The molecule has 0 saturated carbocycles. The molecule has 1 aliphatic heterocycles. The van der Waals surface area contributed by atoms with E-state index in [1.54, 1.807) is 19.1 Å². The van der Waals surface area contributed by atoms with Crippen molar-refractivity contribution < 1.29 is 14.3 Å². The van der Waals surface area contributed by atoms with E-state index in [0.717, 1.165) is 24.3 Å². The van der Waals surface area contributed by atoms with Crippen molar-refractivity contribution >= 4 is 23.3 Å². The molecule has 1 amide bonds. The minimum Gasteiger partial charge on any atom is -0.445 e. The van der Waals surface area contributed by atoms with E-state index < -0.39 is 11.6 Å². The van der Waals surface area contributed by atoms with Crippen LogP contribution in [0.5, 0.6) is 0 Å². The molecular weight excluding hydrogens is 328 g/mol. The average molecular weight is 352 g/mol. The highest BCUT2D eigenvalue weighted by atomic mass is 16.6. The molecule has 0 spiro atoms. The van der Waals surface area contributed by atoms with Gasteiger partial charge in [0.2, 0.25) is 0 Å². The molecule has 0 aliphatic carbocycles. The van der Waals surface area contributed by atoms with E-state index in [0.29, 0.717) is 17.7 Å². The molecule has 1 N–H and O–H groups in total. The molecule has 1 aliphatic rings. The first-order valence-electron chi connectivity index (χ1n) is 8.94. The summed E-state index contributed by atoms with van der Waals surface area (Å²) in [5.41, 5.74) is 1.93. The Labute approximate surface area is 154 Å². The zero-order valence-corrected chi connectivity index (χ0v) is 15.4. The van der Waals surface area contributed by atoms with Gasteiger partial charge in [-0.2, -0.15) is 0 Å². The fourth-order valence-corrected chi connectivity index (χ4v) is 3.27. The number of fused-ring (bicyclic) bond motifs is 1. The van der Waals surface area contributed by atoms with Crippen LogP contribution in [0.1, 0.15) is 36.7 Å². The van der Waals surface area contributed by atoms with E-state index in [9.17, 15) is 9.59 Å². The van der Waals surface area contributed by atoms with Gasteiger partial charge in [-0.25, -0.2) is 4.79 Å². The standard InChI is InChI=1S/C21H24N2O3/c1-4-23(5-2)17-12-10-16(11-13-17)22-20(25)21(3)14-15-8-6-7-9-18(15)19(24)26-21/h6-13H,4-5,14H2,1-3H3,(H,22,25)/t21-/m0/s1. The highest BCUT2D eigenvalue weighted by molar-refractivity contribution is 6.02. The Bertz CT molecular complexity index is 812. The van der Waals surface area contributed by atoms with E-state index in [1.807, 2.05) is 36.4 Å². The maximum absolute atomic E-state index is 12.8. The van der Waals surface area contributed by atoms with Crippen LogP contribution in [0.2, 0.25) is 0 Å². The minimum absolute atomic E-state index is 0.323. The molecule has 2 aromatic carbocycles. The summed E-state index contributed by atoms with van der Waals surface area (Å²) in [7, 11) is 0. The third kappa shape index (κ3) is 3.43. The zero-order chi connectivity index (χ0) is 18.7. The SMILES string of the molecule is CCN(CC)c1ccc(NC(=O)[C@]2(C)Cc3ccccc3C(=O)O2)cc1. The summed E-state index contributed by atoms with van der Waals surface area (Å²) in [5, 5.41) is 2.87. The largest absolute Gasteiger partial charge is 0.445 e. The summed E-state index contributed by atoms with van der Waals surface area (Å²) < 4.78 is 5.47. The molecule has 1 heterocycles. The second-order valence-electron chi connectivity index (χ2n) is 6.63. The normalized spacial score (nSPS) is 18.7. The predicted molar refractivity (Wildman–Crippen MR) is 103 cm³/mol. The Morgan fingerprint density at radius 2 is 1.77 bits per heavy atom. The minimum atomic E-state index is -1.22. The van der Waals surface area contributed by atoms with Crippen molar-refractivity contribution in [2.75, 3.05) is 23.3 Å². The van der Waals surface area contributed by atoms with Crippen LogP contribution in [0.25, 0.3) is 0 Å². The second-order valence-corrected chi connectivity index (χ2v) is 6.63. The monoisotopic (exact) mass is 352 g/mol. The fourth-order valence-electron chi connectivity index (χ4n) is 3.27. The van der Waals surface area contributed by atoms with Crippen LogP contribution in [0.4, 0.5) is 11.4 Å². The van der Waals surface area contributed by atoms with Gasteiger partial charge in [-0.15, -0.1) is 0 Å². The molecule has 0 unspecified atom stereocenters. The lowest BCUT2D eigenvalue weighted by Gasteiger charge is -2.33. The molecule has 0 bridgehead atoms. The van der Waals surface area contributed by atoms with Gasteiger partial charge >= 0.3 is 5.97 Å².